The van der Waals surface area contributed by atoms with Crippen molar-refractivity contribution in [2.24, 2.45) is 5.16 Å². The number of imidazole rings is 1. The van der Waals surface area contributed by atoms with Crippen LogP contribution >= 0.6 is 0 Å². The van der Waals surface area contributed by atoms with Crippen LogP contribution in [0.15, 0.2) is 65.7 Å². The molecule has 0 radical (unpaired) electrons. The number of carbonyl (C=O) groups is 2. The van der Waals surface area contributed by atoms with Gasteiger partial charge in [0.15, 0.2) is 5.78 Å². The molecule has 0 saturated carbocycles. The van der Waals surface area contributed by atoms with Crippen molar-refractivity contribution >= 4 is 34.4 Å². The molecule has 2 aromatic carbocycles. The van der Waals surface area contributed by atoms with Gasteiger partial charge in [-0.2, -0.15) is 0 Å². The van der Waals surface area contributed by atoms with Crippen molar-refractivity contribution in [1.29, 1.82) is 0 Å². The summed E-state index contributed by atoms with van der Waals surface area (Å²) in [6.45, 7) is 11.1. The third kappa shape index (κ3) is 6.80. The fraction of sp³-hybridized carbons (Fsp3) is 0.400. The number of nitrogens with zero attached hydrogens (tertiary/aromatic N) is 5. The Morgan fingerprint density at radius 3 is 2.42 bits per heavy atom. The largest absolute Gasteiger partial charge is 0.475 e. The predicted octanol–water partition coefficient (Wildman–Crippen LogP) is 4.57. The van der Waals surface area contributed by atoms with E-state index in [-0.39, 0.29) is 23.9 Å². The number of ether oxygens (including phenoxy) is 2. The molecule has 0 aliphatic carbocycles. The SMILES string of the molecule is CCCON=C(OCC)C(=CN1CCN(c2cccc(-n3cnc4cc(C(C)=O)ccc43)c2)CC1)C(=O)OCC. The number of rotatable bonds is 11. The highest BCUT2D eigenvalue weighted by Gasteiger charge is 2.24. The average Bonchev–Trinajstić information content (AvgIpc) is 3.40. The number of oxime groups is 1. The van der Waals surface area contributed by atoms with E-state index in [0.717, 1.165) is 41.9 Å². The summed E-state index contributed by atoms with van der Waals surface area (Å²) in [5, 5.41) is 4.07. The van der Waals surface area contributed by atoms with Crippen molar-refractivity contribution in [3.05, 3.63) is 66.1 Å². The normalized spacial score (nSPS) is 14.4. The second-order valence-corrected chi connectivity index (χ2v) is 9.34. The summed E-state index contributed by atoms with van der Waals surface area (Å²) in [6, 6.07) is 13.9. The molecule has 1 aliphatic heterocycles. The minimum atomic E-state index is -0.493. The fourth-order valence-electron chi connectivity index (χ4n) is 4.46. The molecule has 3 aromatic rings. The number of anilines is 1. The summed E-state index contributed by atoms with van der Waals surface area (Å²) < 4.78 is 13.0. The number of ketones is 1. The fourth-order valence-corrected chi connectivity index (χ4v) is 4.46. The van der Waals surface area contributed by atoms with Crippen LogP contribution in [0.4, 0.5) is 5.69 Å². The molecule has 0 N–H and O–H groups in total. The van der Waals surface area contributed by atoms with E-state index < -0.39 is 5.97 Å². The Kier molecular flexibility index (Phi) is 9.77. The lowest BCUT2D eigenvalue weighted by Gasteiger charge is -2.36. The molecule has 0 atom stereocenters. The zero-order valence-electron chi connectivity index (χ0n) is 23.6. The van der Waals surface area contributed by atoms with Gasteiger partial charge in [-0.1, -0.05) is 13.0 Å². The van der Waals surface area contributed by atoms with E-state index in [0.29, 0.717) is 31.9 Å². The first kappa shape index (κ1) is 28.7. The van der Waals surface area contributed by atoms with Gasteiger partial charge in [0.2, 0.25) is 0 Å². The van der Waals surface area contributed by atoms with Gasteiger partial charge in [-0.15, -0.1) is 0 Å². The number of piperazine rings is 1. The first-order valence-corrected chi connectivity index (χ1v) is 13.7. The third-order valence-electron chi connectivity index (χ3n) is 6.50. The smallest absolute Gasteiger partial charge is 0.345 e. The molecule has 1 fully saturated rings. The van der Waals surface area contributed by atoms with Gasteiger partial charge in [0.25, 0.3) is 5.90 Å². The van der Waals surface area contributed by atoms with Crippen LogP contribution in [-0.2, 0) is 19.1 Å². The van der Waals surface area contributed by atoms with Crippen LogP contribution in [0, 0.1) is 0 Å². The summed E-state index contributed by atoms with van der Waals surface area (Å²) >= 11 is 0. The Morgan fingerprint density at radius 1 is 0.975 bits per heavy atom. The number of hydrogen-bond acceptors (Lipinski definition) is 9. The number of benzene rings is 2. The number of fused-ring (bicyclic) bond motifs is 1. The topological polar surface area (TPSA) is 98.5 Å². The van der Waals surface area contributed by atoms with E-state index in [1.54, 1.807) is 26.4 Å². The van der Waals surface area contributed by atoms with Gasteiger partial charge in [0, 0.05) is 49.3 Å². The second-order valence-electron chi connectivity index (χ2n) is 9.34. The van der Waals surface area contributed by atoms with Crippen LogP contribution in [0.25, 0.3) is 16.7 Å². The van der Waals surface area contributed by atoms with Crippen LogP contribution in [0.2, 0.25) is 0 Å². The maximum atomic E-state index is 12.8. The van der Waals surface area contributed by atoms with Gasteiger partial charge in [-0.3, -0.25) is 9.36 Å². The van der Waals surface area contributed by atoms with E-state index >= 15 is 0 Å². The molecular weight excluding hydrogens is 510 g/mol. The predicted molar refractivity (Wildman–Crippen MR) is 155 cm³/mol. The molecule has 10 nitrogen and oxygen atoms in total. The molecule has 2 heterocycles. The minimum Gasteiger partial charge on any atom is -0.475 e. The molecule has 4 rings (SSSR count). The quantitative estimate of drug-likeness (QED) is 0.0655. The van der Waals surface area contributed by atoms with Gasteiger partial charge in [0.1, 0.15) is 18.5 Å². The van der Waals surface area contributed by atoms with E-state index in [1.807, 2.05) is 48.7 Å². The molecule has 10 heteroatoms. The van der Waals surface area contributed by atoms with Crippen molar-refractivity contribution in [3.63, 3.8) is 0 Å². The molecule has 0 unspecified atom stereocenters. The van der Waals surface area contributed by atoms with Crippen molar-refractivity contribution in [2.75, 3.05) is 50.9 Å². The maximum Gasteiger partial charge on any atom is 0.345 e. The van der Waals surface area contributed by atoms with Crippen LogP contribution in [-0.4, -0.2) is 78.1 Å². The second kappa shape index (κ2) is 13.6. The number of Topliss-reactive ketones (excluding diaryl/α,β-unsaturated/α-hetero) is 1. The molecule has 0 bridgehead atoms. The van der Waals surface area contributed by atoms with Crippen LogP contribution in [0.1, 0.15) is 44.5 Å². The van der Waals surface area contributed by atoms with Gasteiger partial charge < -0.3 is 24.1 Å². The minimum absolute atomic E-state index is 0.0213. The average molecular weight is 548 g/mol. The summed E-state index contributed by atoms with van der Waals surface area (Å²) in [6.07, 6.45) is 4.35. The molecule has 0 amide bonds. The van der Waals surface area contributed by atoms with Crippen LogP contribution in [0.5, 0.6) is 0 Å². The molecular formula is C30H37N5O5. The van der Waals surface area contributed by atoms with Crippen LogP contribution in [0.3, 0.4) is 0 Å². The lowest BCUT2D eigenvalue weighted by atomic mass is 10.1. The molecule has 0 spiro atoms. The molecule has 1 saturated heterocycles. The lowest BCUT2D eigenvalue weighted by Crippen LogP contribution is -2.44. The van der Waals surface area contributed by atoms with Crippen molar-refractivity contribution < 1.29 is 23.9 Å². The maximum absolute atomic E-state index is 12.8. The van der Waals surface area contributed by atoms with Crippen molar-refractivity contribution in [2.45, 2.75) is 34.1 Å². The Hall–Kier alpha value is -4.34. The number of carbonyl (C=O) groups excluding carboxylic acids is 2. The van der Waals surface area contributed by atoms with E-state index in [2.05, 4.69) is 32.1 Å². The van der Waals surface area contributed by atoms with Crippen molar-refractivity contribution in [3.8, 4) is 5.69 Å². The summed E-state index contributed by atoms with van der Waals surface area (Å²) in [5.74, 6) is -0.339. The highest BCUT2D eigenvalue weighted by Crippen LogP contribution is 2.24. The first-order chi connectivity index (χ1) is 19.4. The van der Waals surface area contributed by atoms with Gasteiger partial charge in [0.05, 0.1) is 24.2 Å². The Bertz CT molecular complexity index is 1390. The van der Waals surface area contributed by atoms with Crippen molar-refractivity contribution in [1.82, 2.24) is 14.5 Å². The Labute approximate surface area is 234 Å². The zero-order chi connectivity index (χ0) is 28.5. The van der Waals surface area contributed by atoms with E-state index in [1.165, 1.54) is 0 Å². The van der Waals surface area contributed by atoms with Gasteiger partial charge in [-0.05, 0) is 68.7 Å². The zero-order valence-corrected chi connectivity index (χ0v) is 23.6. The third-order valence-corrected chi connectivity index (χ3v) is 6.50. The first-order valence-electron chi connectivity index (χ1n) is 13.7. The van der Waals surface area contributed by atoms with Gasteiger partial charge in [-0.25, -0.2) is 9.78 Å². The van der Waals surface area contributed by atoms with E-state index in [4.69, 9.17) is 14.3 Å². The molecule has 212 valence electrons. The number of aromatic nitrogens is 2. The summed E-state index contributed by atoms with van der Waals surface area (Å²) in [5.41, 5.74) is 4.71. The summed E-state index contributed by atoms with van der Waals surface area (Å²) in [7, 11) is 0. The van der Waals surface area contributed by atoms with Crippen LogP contribution < -0.4 is 4.90 Å². The standard InChI is InChI=1S/C30H37N5O5/c1-5-17-40-32-29(38-6-2)26(30(37)39-7-3)20-33-13-15-34(16-14-33)24-9-8-10-25(19-24)35-21-31-27-18-23(22(4)36)11-12-28(27)35/h8-12,18-21H,5-7,13-17H2,1-4H3. The molecule has 1 aliphatic rings. The highest BCUT2D eigenvalue weighted by atomic mass is 16.6. The van der Waals surface area contributed by atoms with E-state index in [9.17, 15) is 9.59 Å². The molecule has 1 aromatic heterocycles. The lowest BCUT2D eigenvalue weighted by molar-refractivity contribution is -0.138. The Balaban J connectivity index is 1.50. The summed E-state index contributed by atoms with van der Waals surface area (Å²) in [4.78, 5) is 38.8. The number of hydrogen-bond donors (Lipinski definition) is 0. The van der Waals surface area contributed by atoms with Gasteiger partial charge >= 0.3 is 5.97 Å². The number of esters is 1. The Morgan fingerprint density at radius 2 is 1.73 bits per heavy atom. The highest BCUT2D eigenvalue weighted by molar-refractivity contribution is 6.16. The monoisotopic (exact) mass is 547 g/mol. The molecule has 40 heavy (non-hydrogen) atoms.